The van der Waals surface area contributed by atoms with Crippen molar-refractivity contribution in [1.82, 2.24) is 19.9 Å². The van der Waals surface area contributed by atoms with Gasteiger partial charge in [0, 0.05) is 23.6 Å². The highest BCUT2D eigenvalue weighted by Crippen LogP contribution is 2.18. The van der Waals surface area contributed by atoms with Crippen LogP contribution in [-0.4, -0.2) is 33.2 Å². The number of benzene rings is 1. The highest BCUT2D eigenvalue weighted by Gasteiger charge is 2.14. The van der Waals surface area contributed by atoms with Gasteiger partial charge in [-0.1, -0.05) is 28.1 Å². The van der Waals surface area contributed by atoms with Gasteiger partial charge in [0.1, 0.15) is 11.6 Å². The second-order valence-electron chi connectivity index (χ2n) is 5.66. The molecule has 3 rings (SSSR count). The third kappa shape index (κ3) is 4.57. The minimum Gasteiger partial charge on any atom is -0.481 e. The Labute approximate surface area is 154 Å². The molecule has 1 amide bonds. The van der Waals surface area contributed by atoms with Crippen molar-refractivity contribution < 1.29 is 9.53 Å². The largest absolute Gasteiger partial charge is 0.481 e. The fourth-order valence-electron chi connectivity index (χ4n) is 2.46. The van der Waals surface area contributed by atoms with E-state index in [2.05, 4.69) is 31.4 Å². The van der Waals surface area contributed by atoms with Crippen molar-refractivity contribution >= 4 is 27.5 Å². The molecule has 0 saturated heterocycles. The maximum atomic E-state index is 12.1. The van der Waals surface area contributed by atoms with Crippen LogP contribution in [0.25, 0.3) is 5.65 Å². The number of fused-ring (bicyclic) bond motifs is 1. The van der Waals surface area contributed by atoms with Gasteiger partial charge in [-0.2, -0.15) is 0 Å². The van der Waals surface area contributed by atoms with Crippen LogP contribution >= 0.6 is 15.9 Å². The first-order valence-electron chi connectivity index (χ1n) is 8.12. The standard InChI is InChI=1S/C18H19BrN4O2/c1-13(25-15-7-4-6-14(19)12-15)18(24)20-10-5-9-17-22-21-16-8-2-3-11-23(16)17/h2-4,6-8,11-13H,5,9-10H2,1H3,(H,20,24). The van der Waals surface area contributed by atoms with Crippen molar-refractivity contribution in [2.24, 2.45) is 0 Å². The molecule has 2 heterocycles. The van der Waals surface area contributed by atoms with Crippen molar-refractivity contribution in [3.05, 3.63) is 59.0 Å². The molecule has 0 fully saturated rings. The van der Waals surface area contributed by atoms with Gasteiger partial charge in [-0.25, -0.2) is 0 Å². The molecule has 0 bridgehead atoms. The molecule has 3 aromatic rings. The molecule has 1 N–H and O–H groups in total. The minimum absolute atomic E-state index is 0.133. The molecule has 1 atom stereocenters. The predicted molar refractivity (Wildman–Crippen MR) is 98.5 cm³/mol. The van der Waals surface area contributed by atoms with Crippen molar-refractivity contribution in [2.45, 2.75) is 25.9 Å². The third-order valence-corrected chi connectivity index (χ3v) is 4.23. The van der Waals surface area contributed by atoms with Gasteiger partial charge in [-0.15, -0.1) is 10.2 Å². The molecule has 6 nitrogen and oxygen atoms in total. The van der Waals surface area contributed by atoms with E-state index in [-0.39, 0.29) is 5.91 Å². The van der Waals surface area contributed by atoms with E-state index in [9.17, 15) is 4.79 Å². The number of aryl methyl sites for hydroxylation is 1. The van der Waals surface area contributed by atoms with Crippen LogP contribution in [0.15, 0.2) is 53.1 Å². The Morgan fingerprint density at radius 1 is 1.28 bits per heavy atom. The quantitative estimate of drug-likeness (QED) is 0.616. The molecule has 0 spiro atoms. The Bertz CT molecular complexity index is 865. The number of hydrogen-bond acceptors (Lipinski definition) is 4. The molecule has 0 aliphatic heterocycles. The number of carbonyl (C=O) groups is 1. The van der Waals surface area contributed by atoms with E-state index in [1.807, 2.05) is 53.1 Å². The molecule has 0 saturated carbocycles. The van der Waals surface area contributed by atoms with Crippen molar-refractivity contribution in [3.63, 3.8) is 0 Å². The molecule has 0 aliphatic carbocycles. The molecule has 1 aromatic carbocycles. The summed E-state index contributed by atoms with van der Waals surface area (Å²) in [6, 6.07) is 13.2. The first-order chi connectivity index (χ1) is 12.1. The van der Waals surface area contributed by atoms with E-state index in [1.54, 1.807) is 6.92 Å². The monoisotopic (exact) mass is 402 g/mol. The zero-order chi connectivity index (χ0) is 17.6. The number of hydrogen-bond donors (Lipinski definition) is 1. The lowest BCUT2D eigenvalue weighted by atomic mass is 10.2. The lowest BCUT2D eigenvalue weighted by molar-refractivity contribution is -0.127. The number of ether oxygens (including phenoxy) is 1. The fourth-order valence-corrected chi connectivity index (χ4v) is 2.84. The summed E-state index contributed by atoms with van der Waals surface area (Å²) in [5.74, 6) is 1.42. The highest BCUT2D eigenvalue weighted by atomic mass is 79.9. The lowest BCUT2D eigenvalue weighted by Gasteiger charge is -2.14. The summed E-state index contributed by atoms with van der Waals surface area (Å²) in [7, 11) is 0. The fraction of sp³-hybridized carbons (Fsp3) is 0.278. The first-order valence-corrected chi connectivity index (χ1v) is 8.91. The zero-order valence-electron chi connectivity index (χ0n) is 13.9. The van der Waals surface area contributed by atoms with E-state index in [0.29, 0.717) is 12.3 Å². The second kappa shape index (κ2) is 8.11. The summed E-state index contributed by atoms with van der Waals surface area (Å²) in [6.07, 6.45) is 2.91. The summed E-state index contributed by atoms with van der Waals surface area (Å²) in [5, 5.41) is 11.2. The van der Waals surface area contributed by atoms with Crippen LogP contribution in [0.2, 0.25) is 0 Å². The molecule has 0 radical (unpaired) electrons. The number of rotatable bonds is 7. The second-order valence-corrected chi connectivity index (χ2v) is 6.57. The number of carbonyl (C=O) groups excluding carboxylic acids is 1. The molecule has 1 unspecified atom stereocenters. The van der Waals surface area contributed by atoms with Crippen LogP contribution < -0.4 is 10.1 Å². The van der Waals surface area contributed by atoms with Gasteiger partial charge in [0.25, 0.3) is 5.91 Å². The van der Waals surface area contributed by atoms with Gasteiger partial charge in [0.2, 0.25) is 0 Å². The summed E-state index contributed by atoms with van der Waals surface area (Å²) in [6.45, 7) is 2.30. The average Bonchev–Trinajstić information content (AvgIpc) is 3.02. The summed E-state index contributed by atoms with van der Waals surface area (Å²) in [4.78, 5) is 12.1. The van der Waals surface area contributed by atoms with Crippen molar-refractivity contribution in [2.75, 3.05) is 6.54 Å². The van der Waals surface area contributed by atoms with Gasteiger partial charge < -0.3 is 10.1 Å². The lowest BCUT2D eigenvalue weighted by Crippen LogP contribution is -2.37. The van der Waals surface area contributed by atoms with Crippen molar-refractivity contribution in [1.29, 1.82) is 0 Å². The Balaban J connectivity index is 1.44. The molecule has 130 valence electrons. The smallest absolute Gasteiger partial charge is 0.260 e. The van der Waals surface area contributed by atoms with Gasteiger partial charge in [-0.3, -0.25) is 9.20 Å². The summed E-state index contributed by atoms with van der Waals surface area (Å²) < 4.78 is 8.52. The van der Waals surface area contributed by atoms with Crippen LogP contribution in [0.3, 0.4) is 0 Å². The molecule has 0 aliphatic rings. The van der Waals surface area contributed by atoms with Gasteiger partial charge >= 0.3 is 0 Å². The Morgan fingerprint density at radius 3 is 3.00 bits per heavy atom. The summed E-state index contributed by atoms with van der Waals surface area (Å²) >= 11 is 3.38. The molecule has 2 aromatic heterocycles. The topological polar surface area (TPSA) is 68.5 Å². The Kier molecular flexibility index (Phi) is 5.65. The van der Waals surface area contributed by atoms with E-state index in [1.165, 1.54) is 0 Å². The Hall–Kier alpha value is -2.41. The van der Waals surface area contributed by atoms with Crippen molar-refractivity contribution in [3.8, 4) is 5.75 Å². The number of nitrogens with one attached hydrogen (secondary N) is 1. The molecular weight excluding hydrogens is 384 g/mol. The molecular formula is C18H19BrN4O2. The van der Waals surface area contributed by atoms with Gasteiger partial charge in [-0.05, 0) is 43.7 Å². The SMILES string of the molecule is CC(Oc1cccc(Br)c1)C(=O)NCCCc1nnc2ccccn12. The van der Waals surface area contributed by atoms with E-state index in [0.717, 1.165) is 28.8 Å². The maximum Gasteiger partial charge on any atom is 0.260 e. The van der Waals surface area contributed by atoms with E-state index < -0.39 is 6.10 Å². The number of amides is 1. The number of pyridine rings is 1. The van der Waals surface area contributed by atoms with E-state index >= 15 is 0 Å². The number of nitrogens with zero attached hydrogens (tertiary/aromatic N) is 3. The third-order valence-electron chi connectivity index (χ3n) is 3.74. The average molecular weight is 403 g/mol. The van der Waals surface area contributed by atoms with Crippen LogP contribution in [0, 0.1) is 0 Å². The number of aromatic nitrogens is 3. The summed E-state index contributed by atoms with van der Waals surface area (Å²) in [5.41, 5.74) is 0.831. The Morgan fingerprint density at radius 2 is 2.16 bits per heavy atom. The minimum atomic E-state index is -0.553. The predicted octanol–water partition coefficient (Wildman–Crippen LogP) is 3.01. The molecule has 25 heavy (non-hydrogen) atoms. The zero-order valence-corrected chi connectivity index (χ0v) is 15.4. The first kappa shape index (κ1) is 17.4. The van der Waals surface area contributed by atoms with Gasteiger partial charge in [0.05, 0.1) is 0 Å². The van der Waals surface area contributed by atoms with Crippen LogP contribution in [-0.2, 0) is 11.2 Å². The van der Waals surface area contributed by atoms with Crippen LogP contribution in [0.4, 0.5) is 0 Å². The van der Waals surface area contributed by atoms with Crippen LogP contribution in [0.5, 0.6) is 5.75 Å². The van der Waals surface area contributed by atoms with Crippen LogP contribution in [0.1, 0.15) is 19.2 Å². The highest BCUT2D eigenvalue weighted by molar-refractivity contribution is 9.10. The van der Waals surface area contributed by atoms with E-state index in [4.69, 9.17) is 4.74 Å². The normalized spacial score (nSPS) is 12.1. The molecule has 7 heteroatoms. The maximum absolute atomic E-state index is 12.1. The van der Waals surface area contributed by atoms with Gasteiger partial charge in [0.15, 0.2) is 11.8 Å². The number of halogens is 1.